The van der Waals surface area contributed by atoms with Crippen molar-refractivity contribution in [2.75, 3.05) is 20.1 Å². The van der Waals surface area contributed by atoms with Crippen molar-refractivity contribution in [2.24, 2.45) is 5.41 Å². The third-order valence-corrected chi connectivity index (χ3v) is 5.84. The second kappa shape index (κ2) is 5.83. The van der Waals surface area contributed by atoms with Gasteiger partial charge in [-0.1, -0.05) is 12.2 Å². The summed E-state index contributed by atoms with van der Waals surface area (Å²) in [5.41, 5.74) is 1.44. The summed E-state index contributed by atoms with van der Waals surface area (Å²) in [6.07, 6.45) is 9.92. The quantitative estimate of drug-likeness (QED) is 0.584. The van der Waals surface area contributed by atoms with E-state index in [9.17, 15) is 14.4 Å². The molecule has 3 amide bonds. The molecule has 25 heavy (non-hydrogen) atoms. The number of hydrogen-bond acceptors (Lipinski definition) is 3. The average Bonchev–Trinajstić information content (AvgIpc) is 2.86. The minimum atomic E-state index is -0.331. The number of carbonyl (C=O) groups excluding carboxylic acids is 3. The average molecular weight is 338 g/mol. The molecule has 0 N–H and O–H groups in total. The van der Waals surface area contributed by atoms with Gasteiger partial charge in [-0.3, -0.25) is 19.3 Å². The van der Waals surface area contributed by atoms with Crippen LogP contribution in [-0.4, -0.2) is 47.7 Å². The van der Waals surface area contributed by atoms with Gasteiger partial charge in [0, 0.05) is 25.7 Å². The zero-order chi connectivity index (χ0) is 17.6. The molecule has 5 nitrogen and oxygen atoms in total. The minimum absolute atomic E-state index is 0.0359. The number of amides is 3. The summed E-state index contributed by atoms with van der Waals surface area (Å²) < 4.78 is 0. The number of hydrogen-bond donors (Lipinski definition) is 0. The first-order valence-electron chi connectivity index (χ1n) is 8.91. The van der Waals surface area contributed by atoms with Crippen LogP contribution in [-0.2, 0) is 0 Å². The Balaban J connectivity index is 1.58. The van der Waals surface area contributed by atoms with Gasteiger partial charge in [0.1, 0.15) is 0 Å². The Morgan fingerprint density at radius 2 is 1.88 bits per heavy atom. The summed E-state index contributed by atoms with van der Waals surface area (Å²) in [6, 6.07) is 4.87. The maximum Gasteiger partial charge on any atom is 0.261 e. The van der Waals surface area contributed by atoms with Crippen LogP contribution in [0.1, 0.15) is 63.2 Å². The first-order valence-corrected chi connectivity index (χ1v) is 8.91. The molecule has 1 saturated heterocycles. The van der Waals surface area contributed by atoms with Crippen molar-refractivity contribution < 1.29 is 14.4 Å². The Hall–Kier alpha value is -2.43. The van der Waals surface area contributed by atoms with Gasteiger partial charge in [-0.25, -0.2) is 0 Å². The Morgan fingerprint density at radius 3 is 2.64 bits per heavy atom. The smallest absolute Gasteiger partial charge is 0.261 e. The Morgan fingerprint density at radius 1 is 1.08 bits per heavy atom. The number of carbonyl (C=O) groups is 3. The lowest BCUT2D eigenvalue weighted by atomic mass is 9.71. The van der Waals surface area contributed by atoms with E-state index in [1.165, 1.54) is 13.5 Å². The molecule has 130 valence electrons. The number of likely N-dealkylation sites (tertiary alicyclic amines) is 1. The zero-order valence-electron chi connectivity index (χ0n) is 14.5. The van der Waals surface area contributed by atoms with Gasteiger partial charge in [0.25, 0.3) is 17.7 Å². The number of nitrogens with zero attached hydrogens (tertiary/aromatic N) is 2. The molecule has 0 radical (unpaired) electrons. The van der Waals surface area contributed by atoms with Crippen LogP contribution in [0, 0.1) is 5.41 Å². The highest BCUT2D eigenvalue weighted by atomic mass is 16.2. The number of fused-ring (bicyclic) bond motifs is 1. The third-order valence-electron chi connectivity index (χ3n) is 5.84. The van der Waals surface area contributed by atoms with Gasteiger partial charge in [0.05, 0.1) is 11.1 Å². The molecule has 1 aromatic rings. The van der Waals surface area contributed by atoms with Crippen LogP contribution in [0.4, 0.5) is 0 Å². The Labute approximate surface area is 147 Å². The molecule has 1 fully saturated rings. The van der Waals surface area contributed by atoms with Crippen molar-refractivity contribution in [2.45, 2.75) is 32.1 Å². The van der Waals surface area contributed by atoms with Crippen LogP contribution in [0.25, 0.3) is 0 Å². The highest BCUT2D eigenvalue weighted by Crippen LogP contribution is 2.41. The molecular weight excluding hydrogens is 316 g/mol. The van der Waals surface area contributed by atoms with Crippen molar-refractivity contribution in [3.8, 4) is 0 Å². The fourth-order valence-electron chi connectivity index (χ4n) is 4.37. The first-order chi connectivity index (χ1) is 12.0. The first kappa shape index (κ1) is 16.1. The number of piperidine rings is 1. The molecule has 1 spiro atoms. The molecule has 1 atom stereocenters. The topological polar surface area (TPSA) is 57.7 Å². The fourth-order valence-corrected chi connectivity index (χ4v) is 4.37. The summed E-state index contributed by atoms with van der Waals surface area (Å²) in [5.74, 6) is -0.668. The van der Waals surface area contributed by atoms with Gasteiger partial charge in [-0.2, -0.15) is 0 Å². The molecule has 4 rings (SSSR count). The van der Waals surface area contributed by atoms with E-state index >= 15 is 0 Å². The van der Waals surface area contributed by atoms with E-state index in [1.807, 2.05) is 4.90 Å². The van der Waals surface area contributed by atoms with Crippen molar-refractivity contribution in [1.82, 2.24) is 9.80 Å². The summed E-state index contributed by atoms with van der Waals surface area (Å²) in [6.45, 7) is 1.54. The molecule has 0 saturated carbocycles. The highest BCUT2D eigenvalue weighted by Gasteiger charge is 2.38. The lowest BCUT2D eigenvalue weighted by Crippen LogP contribution is -2.46. The van der Waals surface area contributed by atoms with E-state index in [-0.39, 0.29) is 23.1 Å². The maximum atomic E-state index is 13.0. The van der Waals surface area contributed by atoms with E-state index in [2.05, 4.69) is 12.2 Å². The van der Waals surface area contributed by atoms with Crippen molar-refractivity contribution in [3.05, 3.63) is 47.0 Å². The molecule has 2 aliphatic heterocycles. The van der Waals surface area contributed by atoms with E-state index in [0.717, 1.165) is 43.7 Å². The predicted molar refractivity (Wildman–Crippen MR) is 93.4 cm³/mol. The Bertz CT molecular complexity index is 798. The van der Waals surface area contributed by atoms with Gasteiger partial charge in [-0.15, -0.1) is 0 Å². The van der Waals surface area contributed by atoms with Gasteiger partial charge in [-0.05, 0) is 55.7 Å². The lowest BCUT2D eigenvalue weighted by Gasteiger charge is -2.44. The molecular formula is C20H22N2O3. The van der Waals surface area contributed by atoms with Crippen LogP contribution in [0.5, 0.6) is 0 Å². The summed E-state index contributed by atoms with van der Waals surface area (Å²) in [4.78, 5) is 40.2. The second-order valence-electron chi connectivity index (χ2n) is 7.47. The molecule has 2 heterocycles. The fraction of sp³-hybridized carbons (Fsp3) is 0.450. The standard InChI is InChI=1S/C20H22N2O3/c1-21-18(24)15-7-6-14(12-16(15)19(21)25)17(23)22-11-5-10-20(13-22)8-3-2-4-9-20/h2-3,6-7,12H,4-5,8-11,13H2,1H3/t20-/m1/s1. The van der Waals surface area contributed by atoms with Crippen LogP contribution >= 0.6 is 0 Å². The minimum Gasteiger partial charge on any atom is -0.338 e. The molecule has 1 aliphatic carbocycles. The van der Waals surface area contributed by atoms with Crippen LogP contribution < -0.4 is 0 Å². The van der Waals surface area contributed by atoms with E-state index < -0.39 is 0 Å². The molecule has 0 aromatic heterocycles. The van der Waals surface area contributed by atoms with E-state index in [0.29, 0.717) is 16.7 Å². The lowest BCUT2D eigenvalue weighted by molar-refractivity contribution is 0.0484. The van der Waals surface area contributed by atoms with Crippen LogP contribution in [0.15, 0.2) is 30.4 Å². The summed E-state index contributed by atoms with van der Waals surface area (Å²) in [5, 5.41) is 0. The van der Waals surface area contributed by atoms with E-state index in [4.69, 9.17) is 0 Å². The number of rotatable bonds is 1. The number of allylic oxidation sites excluding steroid dienone is 2. The van der Waals surface area contributed by atoms with Crippen LogP contribution in [0.2, 0.25) is 0 Å². The van der Waals surface area contributed by atoms with Gasteiger partial charge < -0.3 is 4.90 Å². The van der Waals surface area contributed by atoms with Crippen LogP contribution in [0.3, 0.4) is 0 Å². The SMILES string of the molecule is CN1C(=O)c2ccc(C(=O)N3CCC[C@]4(CC=CCC4)C3)cc2C1=O. The summed E-state index contributed by atoms with van der Waals surface area (Å²) in [7, 11) is 1.47. The van der Waals surface area contributed by atoms with Crippen molar-refractivity contribution >= 4 is 17.7 Å². The number of benzene rings is 1. The number of imide groups is 1. The van der Waals surface area contributed by atoms with Gasteiger partial charge in [0.2, 0.25) is 0 Å². The zero-order valence-corrected chi connectivity index (χ0v) is 14.5. The van der Waals surface area contributed by atoms with Crippen molar-refractivity contribution in [3.63, 3.8) is 0 Å². The highest BCUT2D eigenvalue weighted by molar-refractivity contribution is 6.21. The summed E-state index contributed by atoms with van der Waals surface area (Å²) >= 11 is 0. The monoisotopic (exact) mass is 338 g/mol. The van der Waals surface area contributed by atoms with E-state index in [1.54, 1.807) is 18.2 Å². The molecule has 5 heteroatoms. The predicted octanol–water partition coefficient (Wildman–Crippen LogP) is 2.87. The normalized spacial score (nSPS) is 25.6. The van der Waals surface area contributed by atoms with Gasteiger partial charge in [0.15, 0.2) is 0 Å². The molecule has 0 unspecified atom stereocenters. The molecule has 0 bridgehead atoms. The second-order valence-corrected chi connectivity index (χ2v) is 7.47. The molecule has 1 aromatic carbocycles. The van der Waals surface area contributed by atoms with Crippen molar-refractivity contribution in [1.29, 1.82) is 0 Å². The maximum absolute atomic E-state index is 13.0. The molecule has 3 aliphatic rings. The largest absolute Gasteiger partial charge is 0.338 e. The van der Waals surface area contributed by atoms with Gasteiger partial charge >= 0.3 is 0 Å². The third kappa shape index (κ3) is 2.58. The Kier molecular flexibility index (Phi) is 3.74.